The lowest BCUT2D eigenvalue weighted by Gasteiger charge is -2.18. The third-order valence-corrected chi connectivity index (χ3v) is 3.88. The fourth-order valence-corrected chi connectivity index (χ4v) is 2.76. The van der Waals surface area contributed by atoms with Crippen molar-refractivity contribution in [2.75, 3.05) is 23.3 Å². The van der Waals surface area contributed by atoms with E-state index in [9.17, 15) is 14.5 Å². The molecule has 0 aliphatic carbocycles. The summed E-state index contributed by atoms with van der Waals surface area (Å²) in [7, 11) is 0. The molecule has 1 fully saturated rings. The lowest BCUT2D eigenvalue weighted by atomic mass is 10.2. The van der Waals surface area contributed by atoms with Crippen LogP contribution in [-0.2, 0) is 0 Å². The molecule has 120 valence electrons. The van der Waals surface area contributed by atoms with E-state index in [0.717, 1.165) is 6.42 Å². The van der Waals surface area contributed by atoms with Crippen LogP contribution in [0.25, 0.3) is 0 Å². The first kappa shape index (κ1) is 15.1. The molecule has 0 aromatic carbocycles. The Morgan fingerprint density at radius 2 is 2.22 bits per heavy atom. The summed E-state index contributed by atoms with van der Waals surface area (Å²) in [5, 5.41) is 14.3. The standard InChI is InChI=1S/C15H16FN5O2/c1-10-4-7-17-14(13(10)21(22)23)19-11-5-8-20(9-11)15-12(16)3-2-6-18-15/h2-4,6-7,11H,5,8-9H2,1H3,(H,17,19)/t11-/m0/s1. The lowest BCUT2D eigenvalue weighted by molar-refractivity contribution is -0.384. The maximum Gasteiger partial charge on any atom is 0.314 e. The van der Waals surface area contributed by atoms with Gasteiger partial charge in [-0.2, -0.15) is 0 Å². The average Bonchev–Trinajstić information content (AvgIpc) is 2.95. The predicted molar refractivity (Wildman–Crippen MR) is 84.1 cm³/mol. The maximum atomic E-state index is 13.8. The Hall–Kier alpha value is -2.77. The molecule has 7 nitrogen and oxygen atoms in total. The number of nitrogens with one attached hydrogen (secondary N) is 1. The molecule has 3 rings (SSSR count). The molecule has 8 heteroatoms. The first-order chi connectivity index (χ1) is 11.1. The Kier molecular flexibility index (Phi) is 4.05. The number of anilines is 2. The van der Waals surface area contributed by atoms with E-state index in [1.54, 1.807) is 25.3 Å². The SMILES string of the molecule is Cc1ccnc(N[C@H]2CCN(c3ncccc3F)C2)c1[N+](=O)[O-]. The highest BCUT2D eigenvalue weighted by Gasteiger charge is 2.28. The van der Waals surface area contributed by atoms with E-state index in [1.165, 1.54) is 12.3 Å². The van der Waals surface area contributed by atoms with Crippen molar-refractivity contribution < 1.29 is 9.31 Å². The highest BCUT2D eigenvalue weighted by Crippen LogP contribution is 2.28. The molecular formula is C15H16FN5O2. The second kappa shape index (κ2) is 6.15. The van der Waals surface area contributed by atoms with Gasteiger partial charge in [0.15, 0.2) is 11.6 Å². The molecule has 1 N–H and O–H groups in total. The van der Waals surface area contributed by atoms with Crippen molar-refractivity contribution in [1.82, 2.24) is 9.97 Å². The number of rotatable bonds is 4. The summed E-state index contributed by atoms with van der Waals surface area (Å²) < 4.78 is 13.8. The molecule has 1 saturated heterocycles. The van der Waals surface area contributed by atoms with Crippen LogP contribution in [0.5, 0.6) is 0 Å². The van der Waals surface area contributed by atoms with Crippen LogP contribution >= 0.6 is 0 Å². The molecule has 23 heavy (non-hydrogen) atoms. The Balaban J connectivity index is 1.75. The number of aromatic nitrogens is 2. The minimum absolute atomic E-state index is 0.0185. The highest BCUT2D eigenvalue weighted by molar-refractivity contribution is 5.60. The molecule has 0 bridgehead atoms. The van der Waals surface area contributed by atoms with Gasteiger partial charge in [0.1, 0.15) is 0 Å². The van der Waals surface area contributed by atoms with Crippen molar-refractivity contribution in [3.63, 3.8) is 0 Å². The quantitative estimate of drug-likeness (QED) is 0.689. The van der Waals surface area contributed by atoms with Gasteiger partial charge in [-0.05, 0) is 31.5 Å². The van der Waals surface area contributed by atoms with E-state index in [0.29, 0.717) is 24.5 Å². The van der Waals surface area contributed by atoms with Crippen molar-refractivity contribution in [2.45, 2.75) is 19.4 Å². The molecule has 1 aliphatic rings. The van der Waals surface area contributed by atoms with Crippen molar-refractivity contribution in [2.24, 2.45) is 0 Å². The first-order valence-electron chi connectivity index (χ1n) is 7.28. The molecule has 1 atom stereocenters. The van der Waals surface area contributed by atoms with Crippen LogP contribution in [0.4, 0.5) is 21.7 Å². The summed E-state index contributed by atoms with van der Waals surface area (Å²) in [5.74, 6) is 0.194. The van der Waals surface area contributed by atoms with Gasteiger partial charge >= 0.3 is 5.69 Å². The molecule has 0 unspecified atom stereocenters. The third-order valence-electron chi connectivity index (χ3n) is 3.88. The van der Waals surface area contributed by atoms with Crippen LogP contribution in [0, 0.1) is 22.9 Å². The third kappa shape index (κ3) is 3.05. The van der Waals surface area contributed by atoms with E-state index in [4.69, 9.17) is 0 Å². The molecule has 0 spiro atoms. The Bertz CT molecular complexity index is 740. The number of nitro groups is 1. The van der Waals surface area contributed by atoms with Crippen LogP contribution in [-0.4, -0.2) is 34.0 Å². The van der Waals surface area contributed by atoms with E-state index in [2.05, 4.69) is 15.3 Å². The normalized spacial score (nSPS) is 17.3. The van der Waals surface area contributed by atoms with Crippen molar-refractivity contribution in [3.05, 3.63) is 52.1 Å². The number of hydrogen-bond donors (Lipinski definition) is 1. The van der Waals surface area contributed by atoms with Gasteiger partial charge in [0.2, 0.25) is 5.82 Å². The van der Waals surface area contributed by atoms with Gasteiger partial charge in [-0.3, -0.25) is 10.1 Å². The fraction of sp³-hybridized carbons (Fsp3) is 0.333. The largest absolute Gasteiger partial charge is 0.360 e. The topological polar surface area (TPSA) is 84.2 Å². The molecule has 0 saturated carbocycles. The second-order valence-corrected chi connectivity index (χ2v) is 5.47. The van der Waals surface area contributed by atoms with Crippen LogP contribution in [0.3, 0.4) is 0 Å². The Morgan fingerprint density at radius 1 is 1.39 bits per heavy atom. The van der Waals surface area contributed by atoms with E-state index in [1.807, 2.05) is 4.90 Å². The molecule has 3 heterocycles. The van der Waals surface area contributed by atoms with Crippen molar-refractivity contribution in [3.8, 4) is 0 Å². The zero-order chi connectivity index (χ0) is 16.4. The van der Waals surface area contributed by atoms with E-state index < -0.39 is 4.92 Å². The maximum absolute atomic E-state index is 13.8. The monoisotopic (exact) mass is 317 g/mol. The van der Waals surface area contributed by atoms with Crippen LogP contribution in [0.2, 0.25) is 0 Å². The molecule has 1 aliphatic heterocycles. The van der Waals surface area contributed by atoms with Gasteiger partial charge in [-0.25, -0.2) is 14.4 Å². The second-order valence-electron chi connectivity index (χ2n) is 5.47. The lowest BCUT2D eigenvalue weighted by Crippen LogP contribution is -2.27. The molecule has 0 amide bonds. The summed E-state index contributed by atoms with van der Waals surface area (Å²) in [4.78, 5) is 20.7. The van der Waals surface area contributed by atoms with Gasteiger partial charge in [0.05, 0.1) is 4.92 Å². The Morgan fingerprint density at radius 3 is 2.96 bits per heavy atom. The predicted octanol–water partition coefficient (Wildman–Crippen LogP) is 2.52. The van der Waals surface area contributed by atoms with Gasteiger partial charge < -0.3 is 10.2 Å². The number of hydrogen-bond acceptors (Lipinski definition) is 6. The van der Waals surface area contributed by atoms with Crippen LogP contribution < -0.4 is 10.2 Å². The summed E-state index contributed by atoms with van der Waals surface area (Å²) in [6, 6.07) is 4.47. The van der Waals surface area contributed by atoms with Gasteiger partial charge in [0.25, 0.3) is 0 Å². The van der Waals surface area contributed by atoms with Gasteiger partial charge in [0, 0.05) is 37.1 Å². The van der Waals surface area contributed by atoms with Gasteiger partial charge in [-0.15, -0.1) is 0 Å². The summed E-state index contributed by atoms with van der Waals surface area (Å²) in [6.07, 6.45) is 3.81. The van der Waals surface area contributed by atoms with Crippen molar-refractivity contribution >= 4 is 17.3 Å². The number of pyridine rings is 2. The minimum Gasteiger partial charge on any atom is -0.360 e. The number of aryl methyl sites for hydroxylation is 1. The summed E-state index contributed by atoms with van der Waals surface area (Å²) >= 11 is 0. The summed E-state index contributed by atoms with van der Waals surface area (Å²) in [6.45, 7) is 2.82. The van der Waals surface area contributed by atoms with E-state index >= 15 is 0 Å². The molecule has 2 aromatic rings. The molecule has 0 radical (unpaired) electrons. The molecular weight excluding hydrogens is 301 g/mol. The molecule has 2 aromatic heterocycles. The number of nitrogens with zero attached hydrogens (tertiary/aromatic N) is 4. The summed E-state index contributed by atoms with van der Waals surface area (Å²) in [5.41, 5.74) is 0.535. The highest BCUT2D eigenvalue weighted by atomic mass is 19.1. The van der Waals surface area contributed by atoms with Crippen molar-refractivity contribution in [1.29, 1.82) is 0 Å². The van der Waals surface area contributed by atoms with Crippen LogP contribution in [0.1, 0.15) is 12.0 Å². The first-order valence-corrected chi connectivity index (χ1v) is 7.28. The smallest absolute Gasteiger partial charge is 0.314 e. The number of halogens is 1. The minimum atomic E-state index is -0.435. The Labute approximate surface area is 132 Å². The van der Waals surface area contributed by atoms with E-state index in [-0.39, 0.29) is 23.4 Å². The van der Waals surface area contributed by atoms with Crippen LogP contribution in [0.15, 0.2) is 30.6 Å². The fourth-order valence-electron chi connectivity index (χ4n) is 2.76. The average molecular weight is 317 g/mol. The zero-order valence-electron chi connectivity index (χ0n) is 12.6. The zero-order valence-corrected chi connectivity index (χ0v) is 12.6. The van der Waals surface area contributed by atoms with Gasteiger partial charge in [-0.1, -0.05) is 0 Å².